The summed E-state index contributed by atoms with van der Waals surface area (Å²) < 4.78 is 5.21. The molecule has 0 bridgehead atoms. The van der Waals surface area contributed by atoms with Gasteiger partial charge in [0.25, 0.3) is 5.91 Å². The number of rotatable bonds is 9. The highest BCUT2D eigenvalue weighted by Gasteiger charge is 2.27. The fourth-order valence-corrected chi connectivity index (χ4v) is 4.56. The highest BCUT2D eigenvalue weighted by Crippen LogP contribution is 2.34. The van der Waals surface area contributed by atoms with Crippen molar-refractivity contribution < 1.29 is 14.6 Å². The van der Waals surface area contributed by atoms with Gasteiger partial charge in [0, 0.05) is 31.7 Å². The lowest BCUT2D eigenvalue weighted by atomic mass is 10.2. The predicted molar refractivity (Wildman–Crippen MR) is 133 cm³/mol. The molecule has 1 fully saturated rings. The van der Waals surface area contributed by atoms with Gasteiger partial charge in [0.1, 0.15) is 17.2 Å². The van der Waals surface area contributed by atoms with Gasteiger partial charge in [-0.2, -0.15) is 4.98 Å². The maximum Gasteiger partial charge on any atom is 0.256 e. The molecule has 0 unspecified atom stereocenters. The summed E-state index contributed by atoms with van der Waals surface area (Å²) in [6.07, 6.45) is 6.48. The molecule has 35 heavy (non-hydrogen) atoms. The van der Waals surface area contributed by atoms with Crippen LogP contribution in [0.3, 0.4) is 0 Å². The van der Waals surface area contributed by atoms with Crippen molar-refractivity contribution in [1.29, 1.82) is 0 Å². The lowest BCUT2D eigenvalue weighted by molar-refractivity contribution is 0.0950. The summed E-state index contributed by atoms with van der Waals surface area (Å²) in [7, 11) is 1.50. The molecule has 1 aromatic carbocycles. The van der Waals surface area contributed by atoms with Crippen molar-refractivity contribution >= 4 is 40.9 Å². The van der Waals surface area contributed by atoms with Gasteiger partial charge in [-0.3, -0.25) is 4.79 Å². The largest absolute Gasteiger partial charge is 0.494 e. The van der Waals surface area contributed by atoms with Crippen LogP contribution in [-0.4, -0.2) is 57.3 Å². The van der Waals surface area contributed by atoms with E-state index >= 15 is 0 Å². The third kappa shape index (κ3) is 5.90. The van der Waals surface area contributed by atoms with Crippen LogP contribution in [0.2, 0.25) is 10.0 Å². The molecule has 1 aliphatic rings. The van der Waals surface area contributed by atoms with E-state index in [0.717, 1.165) is 24.9 Å². The Labute approximate surface area is 212 Å². The van der Waals surface area contributed by atoms with Gasteiger partial charge in [-0.25, -0.2) is 15.0 Å². The molecule has 184 valence electrons. The summed E-state index contributed by atoms with van der Waals surface area (Å²) in [5, 5.41) is 16.5. The number of halogens is 2. The summed E-state index contributed by atoms with van der Waals surface area (Å²) >= 11 is 12.5. The highest BCUT2D eigenvalue weighted by atomic mass is 35.5. The van der Waals surface area contributed by atoms with Gasteiger partial charge in [0.2, 0.25) is 5.95 Å². The van der Waals surface area contributed by atoms with Crippen LogP contribution < -0.4 is 20.3 Å². The molecular formula is C23H25Cl2N7O3. The fraction of sp³-hybridized carbons (Fsp3) is 0.348. The van der Waals surface area contributed by atoms with E-state index in [9.17, 15) is 9.90 Å². The Morgan fingerprint density at radius 1 is 1.20 bits per heavy atom. The predicted octanol–water partition coefficient (Wildman–Crippen LogP) is 3.09. The first-order valence-electron chi connectivity index (χ1n) is 11.0. The monoisotopic (exact) mass is 517 g/mol. The van der Waals surface area contributed by atoms with E-state index in [1.165, 1.54) is 13.3 Å². The second-order valence-electron chi connectivity index (χ2n) is 7.90. The molecule has 0 radical (unpaired) electrons. The minimum absolute atomic E-state index is 0.00822. The molecule has 3 N–H and O–H groups in total. The van der Waals surface area contributed by atoms with Crippen LogP contribution in [0.25, 0.3) is 0 Å². The zero-order valence-electron chi connectivity index (χ0n) is 19.0. The summed E-state index contributed by atoms with van der Waals surface area (Å²) in [6.45, 7) is 1.19. The molecular weight excluding hydrogens is 493 g/mol. The Bertz CT molecular complexity index is 1160. The van der Waals surface area contributed by atoms with Crippen LogP contribution >= 0.6 is 23.2 Å². The Morgan fingerprint density at radius 3 is 2.63 bits per heavy atom. The SMILES string of the molecule is COc1c(Cl)cc(CNc2nc(N3CCC[C@@H]3CO)ncc2C(=O)NCc2ncccn2)cc1Cl. The Kier molecular flexibility index (Phi) is 8.17. The van der Waals surface area contributed by atoms with E-state index < -0.39 is 0 Å². The first-order chi connectivity index (χ1) is 17.0. The maximum absolute atomic E-state index is 13.0. The number of aliphatic hydroxyl groups is 1. The Balaban J connectivity index is 1.58. The molecule has 0 spiro atoms. The average Bonchev–Trinajstić information content (AvgIpc) is 3.35. The third-order valence-electron chi connectivity index (χ3n) is 5.61. The number of aliphatic hydroxyl groups excluding tert-OH is 1. The number of aromatic nitrogens is 4. The van der Waals surface area contributed by atoms with Gasteiger partial charge < -0.3 is 25.4 Å². The average molecular weight is 518 g/mol. The van der Waals surface area contributed by atoms with E-state index in [4.69, 9.17) is 27.9 Å². The molecule has 3 heterocycles. The van der Waals surface area contributed by atoms with Gasteiger partial charge in [-0.1, -0.05) is 23.2 Å². The number of carbonyl (C=O) groups is 1. The molecule has 2 aromatic heterocycles. The van der Waals surface area contributed by atoms with Crippen molar-refractivity contribution in [3.8, 4) is 5.75 Å². The molecule has 0 aliphatic carbocycles. The number of hydrogen-bond acceptors (Lipinski definition) is 9. The van der Waals surface area contributed by atoms with E-state index in [0.29, 0.717) is 39.9 Å². The van der Waals surface area contributed by atoms with Crippen LogP contribution in [0.1, 0.15) is 34.6 Å². The second kappa shape index (κ2) is 11.5. The molecule has 1 atom stereocenters. The van der Waals surface area contributed by atoms with Crippen LogP contribution in [-0.2, 0) is 13.1 Å². The molecule has 1 aliphatic heterocycles. The molecule has 1 amide bonds. The minimum atomic E-state index is -0.377. The normalized spacial score (nSPS) is 15.2. The quantitative estimate of drug-likeness (QED) is 0.392. The molecule has 3 aromatic rings. The van der Waals surface area contributed by atoms with Crippen LogP contribution in [0.15, 0.2) is 36.8 Å². The summed E-state index contributed by atoms with van der Waals surface area (Å²) in [6, 6.07) is 5.11. The number of hydrogen-bond donors (Lipinski definition) is 3. The number of ether oxygens (including phenoxy) is 1. The standard InChI is InChI=1S/C23H25Cl2N7O3/c1-35-20-17(24)8-14(9-18(20)25)10-28-21-16(22(34)29-12-19-26-5-3-6-27-19)11-30-23(31-21)32-7-2-4-15(32)13-33/h3,5-6,8-9,11,15,33H,2,4,7,10,12-13H2,1H3,(H,29,34)(H,28,30,31)/t15-/m1/s1. The molecule has 12 heteroatoms. The lowest BCUT2D eigenvalue weighted by Gasteiger charge is -2.24. The second-order valence-corrected chi connectivity index (χ2v) is 8.71. The van der Waals surface area contributed by atoms with Gasteiger partial charge in [0.05, 0.1) is 36.3 Å². The molecule has 10 nitrogen and oxygen atoms in total. The number of anilines is 2. The van der Waals surface area contributed by atoms with Crippen LogP contribution in [0.5, 0.6) is 5.75 Å². The summed E-state index contributed by atoms with van der Waals surface area (Å²) in [4.78, 5) is 32.2. The van der Waals surface area contributed by atoms with Crippen molar-refractivity contribution in [2.45, 2.75) is 32.0 Å². The van der Waals surface area contributed by atoms with E-state index in [1.807, 2.05) is 4.90 Å². The van der Waals surface area contributed by atoms with Crippen molar-refractivity contribution in [1.82, 2.24) is 25.3 Å². The maximum atomic E-state index is 13.0. The number of methoxy groups -OCH3 is 1. The van der Waals surface area contributed by atoms with Crippen molar-refractivity contribution in [3.05, 3.63) is 63.8 Å². The lowest BCUT2D eigenvalue weighted by Crippen LogP contribution is -2.34. The van der Waals surface area contributed by atoms with Crippen molar-refractivity contribution in [3.63, 3.8) is 0 Å². The first-order valence-corrected chi connectivity index (χ1v) is 11.8. The fourth-order valence-electron chi connectivity index (χ4n) is 3.87. The highest BCUT2D eigenvalue weighted by molar-refractivity contribution is 6.37. The molecule has 1 saturated heterocycles. The Hall–Kier alpha value is -3.21. The van der Waals surface area contributed by atoms with Gasteiger partial charge in [-0.15, -0.1) is 0 Å². The number of nitrogens with zero attached hydrogens (tertiary/aromatic N) is 5. The topological polar surface area (TPSA) is 125 Å². The number of nitrogens with one attached hydrogen (secondary N) is 2. The number of benzene rings is 1. The van der Waals surface area contributed by atoms with Gasteiger partial charge in [0.15, 0.2) is 5.75 Å². The van der Waals surface area contributed by atoms with Gasteiger partial charge in [-0.05, 0) is 36.6 Å². The molecule has 0 saturated carbocycles. The smallest absolute Gasteiger partial charge is 0.256 e. The zero-order valence-corrected chi connectivity index (χ0v) is 20.6. The summed E-state index contributed by atoms with van der Waals surface area (Å²) in [5.74, 6) is 1.29. The van der Waals surface area contributed by atoms with Crippen LogP contribution in [0, 0.1) is 0 Å². The zero-order chi connectivity index (χ0) is 24.8. The van der Waals surface area contributed by atoms with Gasteiger partial charge >= 0.3 is 0 Å². The third-order valence-corrected chi connectivity index (χ3v) is 6.18. The first kappa shape index (κ1) is 24.9. The molecule has 4 rings (SSSR count). The summed E-state index contributed by atoms with van der Waals surface area (Å²) in [5.41, 5.74) is 1.04. The van der Waals surface area contributed by atoms with Crippen molar-refractivity contribution in [2.24, 2.45) is 0 Å². The van der Waals surface area contributed by atoms with E-state index in [1.54, 1.807) is 30.6 Å². The van der Waals surface area contributed by atoms with Crippen molar-refractivity contribution in [2.75, 3.05) is 30.5 Å². The Morgan fingerprint density at radius 2 is 1.94 bits per heavy atom. The number of carbonyl (C=O) groups excluding carboxylic acids is 1. The number of amides is 1. The van der Waals surface area contributed by atoms with E-state index in [2.05, 4.69) is 30.6 Å². The van der Waals surface area contributed by atoms with E-state index in [-0.39, 0.29) is 30.7 Å². The minimum Gasteiger partial charge on any atom is -0.494 e. The van der Waals surface area contributed by atoms with Crippen LogP contribution in [0.4, 0.5) is 11.8 Å².